The van der Waals surface area contributed by atoms with Crippen LogP contribution in [0.4, 0.5) is 0 Å². The molecule has 3 heterocycles. The second-order valence-corrected chi connectivity index (χ2v) is 9.06. The van der Waals surface area contributed by atoms with Gasteiger partial charge in [0, 0.05) is 38.3 Å². The Morgan fingerprint density at radius 2 is 1.90 bits per heavy atom. The van der Waals surface area contributed by atoms with E-state index in [-0.39, 0.29) is 10.8 Å². The lowest BCUT2D eigenvalue weighted by Gasteiger charge is -2.30. The van der Waals surface area contributed by atoms with Crippen LogP contribution in [0.1, 0.15) is 24.7 Å². The topological polar surface area (TPSA) is 99.7 Å². The average Bonchev–Trinajstić information content (AvgIpc) is 3.42. The fraction of sp³-hybridized carbons (Fsp3) is 0.400. The highest BCUT2D eigenvalue weighted by molar-refractivity contribution is 7.89. The van der Waals surface area contributed by atoms with Gasteiger partial charge in [-0.25, -0.2) is 8.42 Å². The van der Waals surface area contributed by atoms with Crippen molar-refractivity contribution < 1.29 is 22.4 Å². The maximum Gasteiger partial charge on any atom is 0.246 e. The third kappa shape index (κ3) is 3.68. The summed E-state index contributed by atoms with van der Waals surface area (Å²) in [5.41, 5.74) is 0.870. The number of benzene rings is 1. The summed E-state index contributed by atoms with van der Waals surface area (Å²) < 4.78 is 45.7. The van der Waals surface area contributed by atoms with E-state index in [0.717, 1.165) is 5.69 Å². The highest BCUT2D eigenvalue weighted by Gasteiger charge is 2.34. The van der Waals surface area contributed by atoms with E-state index in [1.165, 1.54) is 24.6 Å². The highest BCUT2D eigenvalue weighted by Crippen LogP contribution is 2.35. The minimum atomic E-state index is -3.72. The van der Waals surface area contributed by atoms with E-state index >= 15 is 0 Å². The Morgan fingerprint density at radius 3 is 2.53 bits per heavy atom. The van der Waals surface area contributed by atoms with Crippen LogP contribution in [0.3, 0.4) is 0 Å². The van der Waals surface area contributed by atoms with E-state index in [2.05, 4.69) is 10.1 Å². The van der Waals surface area contributed by atoms with E-state index in [0.29, 0.717) is 49.1 Å². The maximum absolute atomic E-state index is 13.2. The van der Waals surface area contributed by atoms with Crippen LogP contribution in [0.5, 0.6) is 11.5 Å². The molecule has 0 radical (unpaired) electrons. The number of piperidine rings is 1. The summed E-state index contributed by atoms with van der Waals surface area (Å²) in [6.07, 6.45) is 3.11. The SMILES string of the molecule is COc1ccc(OC)c(S(=O)(=O)N2CCC(c3nc(-c4cccn4C)no3)CC2)c1. The minimum absolute atomic E-state index is 0.0187. The van der Waals surface area contributed by atoms with Crippen LogP contribution in [0.25, 0.3) is 11.5 Å². The van der Waals surface area contributed by atoms with Crippen molar-refractivity contribution in [3.05, 3.63) is 42.4 Å². The van der Waals surface area contributed by atoms with Crippen molar-refractivity contribution >= 4 is 10.0 Å². The Labute approximate surface area is 175 Å². The molecular formula is C20H24N4O5S. The summed E-state index contributed by atoms with van der Waals surface area (Å²) in [5.74, 6) is 1.85. The van der Waals surface area contributed by atoms with Gasteiger partial charge in [0.05, 0.1) is 19.9 Å². The van der Waals surface area contributed by atoms with Crippen molar-refractivity contribution in [3.8, 4) is 23.0 Å². The zero-order chi connectivity index (χ0) is 21.3. The zero-order valence-corrected chi connectivity index (χ0v) is 17.9. The van der Waals surface area contributed by atoms with Crippen LogP contribution in [-0.2, 0) is 17.1 Å². The fourth-order valence-corrected chi connectivity index (χ4v) is 5.31. The summed E-state index contributed by atoms with van der Waals surface area (Å²) in [5, 5.41) is 4.08. The Balaban J connectivity index is 1.50. The van der Waals surface area contributed by atoms with Crippen LogP contribution >= 0.6 is 0 Å². The van der Waals surface area contributed by atoms with Crippen LogP contribution in [-0.4, -0.2) is 54.7 Å². The lowest BCUT2D eigenvalue weighted by molar-refractivity contribution is 0.270. The molecule has 0 bridgehead atoms. The van der Waals surface area contributed by atoms with Crippen molar-refractivity contribution in [2.45, 2.75) is 23.7 Å². The number of aryl methyl sites for hydroxylation is 1. The smallest absolute Gasteiger partial charge is 0.246 e. The molecular weight excluding hydrogens is 408 g/mol. The van der Waals surface area contributed by atoms with Gasteiger partial charge in [-0.3, -0.25) is 0 Å². The minimum Gasteiger partial charge on any atom is -0.497 e. The molecule has 1 saturated heterocycles. The van der Waals surface area contributed by atoms with Gasteiger partial charge >= 0.3 is 0 Å². The Bertz CT molecular complexity index is 1130. The predicted octanol–water partition coefficient (Wildman–Crippen LogP) is 2.66. The molecule has 0 saturated carbocycles. The van der Waals surface area contributed by atoms with Crippen LogP contribution < -0.4 is 9.47 Å². The molecule has 3 aromatic rings. The van der Waals surface area contributed by atoms with Gasteiger partial charge in [0.25, 0.3) is 0 Å². The maximum atomic E-state index is 13.2. The van der Waals surface area contributed by atoms with E-state index < -0.39 is 10.0 Å². The number of ether oxygens (including phenoxy) is 2. The van der Waals surface area contributed by atoms with Gasteiger partial charge in [0.1, 0.15) is 16.4 Å². The van der Waals surface area contributed by atoms with E-state index in [9.17, 15) is 8.42 Å². The number of hydrogen-bond acceptors (Lipinski definition) is 7. The molecule has 160 valence electrons. The van der Waals surface area contributed by atoms with Gasteiger partial charge in [-0.1, -0.05) is 5.16 Å². The first-order chi connectivity index (χ1) is 14.4. The first kappa shape index (κ1) is 20.4. The predicted molar refractivity (Wildman–Crippen MR) is 109 cm³/mol. The third-order valence-electron chi connectivity index (χ3n) is 5.41. The second-order valence-electron chi connectivity index (χ2n) is 7.16. The standard InChI is InChI=1S/C20H24N4O5S/c1-23-10-4-5-16(23)19-21-20(29-22-19)14-8-11-24(12-9-14)30(25,26)18-13-15(27-2)6-7-17(18)28-3/h4-7,10,13-14H,8-9,11-12H2,1-3H3. The largest absolute Gasteiger partial charge is 0.497 e. The normalized spacial score (nSPS) is 16.0. The second kappa shape index (κ2) is 8.11. The lowest BCUT2D eigenvalue weighted by Crippen LogP contribution is -2.38. The van der Waals surface area contributed by atoms with Gasteiger partial charge in [-0.05, 0) is 37.1 Å². The van der Waals surface area contributed by atoms with Crippen molar-refractivity contribution in [1.82, 2.24) is 19.0 Å². The summed E-state index contributed by atoms with van der Waals surface area (Å²) in [6, 6.07) is 8.60. The quantitative estimate of drug-likeness (QED) is 0.590. The number of hydrogen-bond donors (Lipinski definition) is 0. The Hall–Kier alpha value is -2.85. The summed E-state index contributed by atoms with van der Waals surface area (Å²) in [7, 11) is 1.15. The molecule has 0 N–H and O–H groups in total. The lowest BCUT2D eigenvalue weighted by atomic mass is 9.98. The summed E-state index contributed by atoms with van der Waals surface area (Å²) >= 11 is 0. The van der Waals surface area contributed by atoms with Crippen LogP contribution in [0.2, 0.25) is 0 Å². The molecule has 0 spiro atoms. The van der Waals surface area contributed by atoms with E-state index in [1.807, 2.05) is 29.9 Å². The van der Waals surface area contributed by atoms with Gasteiger partial charge in [0.2, 0.25) is 21.7 Å². The molecule has 0 amide bonds. The van der Waals surface area contributed by atoms with E-state index in [1.54, 1.807) is 12.1 Å². The molecule has 9 nitrogen and oxygen atoms in total. The number of nitrogens with zero attached hydrogens (tertiary/aromatic N) is 4. The van der Waals surface area contributed by atoms with Crippen LogP contribution in [0.15, 0.2) is 45.9 Å². The first-order valence-corrected chi connectivity index (χ1v) is 11.1. The molecule has 10 heteroatoms. The zero-order valence-electron chi connectivity index (χ0n) is 17.1. The molecule has 0 unspecified atom stereocenters. The van der Waals surface area contributed by atoms with Gasteiger partial charge in [0.15, 0.2) is 0 Å². The van der Waals surface area contributed by atoms with Crippen molar-refractivity contribution in [2.24, 2.45) is 7.05 Å². The van der Waals surface area contributed by atoms with E-state index in [4.69, 9.17) is 14.0 Å². The molecule has 30 heavy (non-hydrogen) atoms. The molecule has 0 atom stereocenters. The number of aromatic nitrogens is 3. The number of sulfonamides is 1. The van der Waals surface area contributed by atoms with Crippen molar-refractivity contribution in [2.75, 3.05) is 27.3 Å². The molecule has 1 aromatic carbocycles. The highest BCUT2D eigenvalue weighted by atomic mass is 32.2. The van der Waals surface area contributed by atoms with Gasteiger partial charge < -0.3 is 18.6 Å². The summed E-state index contributed by atoms with van der Waals surface area (Å²) in [4.78, 5) is 4.63. The first-order valence-electron chi connectivity index (χ1n) is 9.61. The molecule has 1 fully saturated rings. The Kier molecular flexibility index (Phi) is 5.52. The number of methoxy groups -OCH3 is 2. The molecule has 4 rings (SSSR count). The Morgan fingerprint density at radius 1 is 1.13 bits per heavy atom. The molecule has 1 aliphatic rings. The fourth-order valence-electron chi connectivity index (χ4n) is 3.67. The average molecular weight is 433 g/mol. The molecule has 1 aliphatic heterocycles. The summed E-state index contributed by atoms with van der Waals surface area (Å²) in [6.45, 7) is 0.713. The number of rotatable bonds is 6. The van der Waals surface area contributed by atoms with Crippen LogP contribution in [0, 0.1) is 0 Å². The van der Waals surface area contributed by atoms with Gasteiger partial charge in [-0.15, -0.1) is 0 Å². The molecule has 0 aliphatic carbocycles. The van der Waals surface area contributed by atoms with Gasteiger partial charge in [-0.2, -0.15) is 9.29 Å². The monoisotopic (exact) mass is 432 g/mol. The molecule has 2 aromatic heterocycles. The third-order valence-corrected chi connectivity index (χ3v) is 7.33. The van der Waals surface area contributed by atoms with Crippen molar-refractivity contribution in [3.63, 3.8) is 0 Å². The van der Waals surface area contributed by atoms with Crippen molar-refractivity contribution in [1.29, 1.82) is 0 Å².